The number of benzene rings is 2. The van der Waals surface area contributed by atoms with Gasteiger partial charge in [-0.1, -0.05) is 18.2 Å². The standard InChI is InChI=1S/C17H11NO2/c1-20-11-5-6-12-14(9-11)17(19)13-4-2-3-10-7-8-18-16(12)15(10)13/h2-9H,1H3. The monoisotopic (exact) mass is 261 g/mol. The number of hydrogen-bond acceptors (Lipinski definition) is 3. The average molecular weight is 261 g/mol. The maximum Gasteiger partial charge on any atom is 0.194 e. The molecule has 1 aromatic heterocycles. The molecule has 0 amide bonds. The molecule has 96 valence electrons. The summed E-state index contributed by atoms with van der Waals surface area (Å²) in [5.41, 5.74) is 3.12. The Kier molecular flexibility index (Phi) is 2.18. The number of fused-ring (bicyclic) bond motifs is 2. The highest BCUT2D eigenvalue weighted by Gasteiger charge is 2.26. The number of methoxy groups -OCH3 is 1. The zero-order valence-corrected chi connectivity index (χ0v) is 10.9. The second kappa shape index (κ2) is 3.90. The Bertz CT molecular complexity index is 863. The lowest BCUT2D eigenvalue weighted by Crippen LogP contribution is -2.11. The van der Waals surface area contributed by atoms with E-state index in [1.165, 1.54) is 0 Å². The van der Waals surface area contributed by atoms with E-state index < -0.39 is 0 Å². The minimum atomic E-state index is 0.0324. The SMILES string of the molecule is COc1ccc2c(c1)C(=O)c1cccc3ccnc-2c13. The van der Waals surface area contributed by atoms with Crippen LogP contribution < -0.4 is 4.74 Å². The van der Waals surface area contributed by atoms with E-state index in [2.05, 4.69) is 4.98 Å². The number of carbonyl (C=O) groups excluding carboxylic acids is 1. The quantitative estimate of drug-likeness (QED) is 0.526. The molecule has 0 unspecified atom stereocenters. The van der Waals surface area contributed by atoms with E-state index in [0.717, 1.165) is 22.0 Å². The van der Waals surface area contributed by atoms with Crippen molar-refractivity contribution in [3.63, 3.8) is 0 Å². The normalized spacial score (nSPS) is 12.3. The Labute approximate surface area is 115 Å². The van der Waals surface area contributed by atoms with Gasteiger partial charge in [-0.3, -0.25) is 9.78 Å². The number of pyridine rings is 1. The summed E-state index contributed by atoms with van der Waals surface area (Å²) in [7, 11) is 1.60. The summed E-state index contributed by atoms with van der Waals surface area (Å²) in [6.45, 7) is 0. The molecule has 1 heterocycles. The van der Waals surface area contributed by atoms with Crippen molar-refractivity contribution in [3.8, 4) is 17.0 Å². The molecule has 0 radical (unpaired) electrons. The Hall–Kier alpha value is -2.68. The van der Waals surface area contributed by atoms with Gasteiger partial charge in [0.05, 0.1) is 12.8 Å². The van der Waals surface area contributed by atoms with Gasteiger partial charge in [-0.25, -0.2) is 0 Å². The van der Waals surface area contributed by atoms with Gasteiger partial charge in [-0.05, 0) is 29.7 Å². The smallest absolute Gasteiger partial charge is 0.194 e. The van der Waals surface area contributed by atoms with Gasteiger partial charge in [-0.2, -0.15) is 0 Å². The topological polar surface area (TPSA) is 39.2 Å². The number of aromatic nitrogens is 1. The summed E-state index contributed by atoms with van der Waals surface area (Å²) in [5.74, 6) is 0.716. The van der Waals surface area contributed by atoms with Crippen LogP contribution in [0.25, 0.3) is 22.0 Å². The molecule has 1 aliphatic rings. The lowest BCUT2D eigenvalue weighted by molar-refractivity contribution is 0.103. The van der Waals surface area contributed by atoms with E-state index in [4.69, 9.17) is 4.74 Å². The van der Waals surface area contributed by atoms with E-state index in [0.29, 0.717) is 16.9 Å². The van der Waals surface area contributed by atoms with Crippen LogP contribution in [0.4, 0.5) is 0 Å². The molecule has 0 aliphatic heterocycles. The van der Waals surface area contributed by atoms with Crippen LogP contribution >= 0.6 is 0 Å². The second-order valence-corrected chi connectivity index (χ2v) is 4.80. The second-order valence-electron chi connectivity index (χ2n) is 4.80. The van der Waals surface area contributed by atoms with Gasteiger partial charge >= 0.3 is 0 Å². The summed E-state index contributed by atoms with van der Waals surface area (Å²) in [6, 6.07) is 13.3. The number of ketones is 1. The van der Waals surface area contributed by atoms with Crippen molar-refractivity contribution < 1.29 is 9.53 Å². The van der Waals surface area contributed by atoms with Gasteiger partial charge < -0.3 is 4.74 Å². The lowest BCUT2D eigenvalue weighted by Gasteiger charge is -2.19. The highest BCUT2D eigenvalue weighted by Crippen LogP contribution is 2.38. The first-order valence-corrected chi connectivity index (χ1v) is 6.40. The van der Waals surface area contributed by atoms with Crippen molar-refractivity contribution in [2.45, 2.75) is 0 Å². The fourth-order valence-corrected chi connectivity index (χ4v) is 2.81. The summed E-state index contributed by atoms with van der Waals surface area (Å²) in [6.07, 6.45) is 1.78. The van der Waals surface area contributed by atoms with E-state index in [1.807, 2.05) is 36.4 Å². The van der Waals surface area contributed by atoms with E-state index in [1.54, 1.807) is 19.4 Å². The zero-order chi connectivity index (χ0) is 13.7. The van der Waals surface area contributed by atoms with Crippen LogP contribution in [-0.4, -0.2) is 17.9 Å². The minimum Gasteiger partial charge on any atom is -0.497 e. The van der Waals surface area contributed by atoms with Crippen LogP contribution in [0.5, 0.6) is 5.75 Å². The maximum absolute atomic E-state index is 12.7. The molecule has 0 fully saturated rings. The molecule has 0 spiro atoms. The molecule has 3 nitrogen and oxygen atoms in total. The molecule has 3 aromatic rings. The van der Waals surface area contributed by atoms with Crippen LogP contribution in [-0.2, 0) is 0 Å². The van der Waals surface area contributed by atoms with E-state index in [-0.39, 0.29) is 5.78 Å². The van der Waals surface area contributed by atoms with Crippen molar-refractivity contribution in [3.05, 3.63) is 59.8 Å². The van der Waals surface area contributed by atoms with Crippen molar-refractivity contribution in [1.82, 2.24) is 4.98 Å². The van der Waals surface area contributed by atoms with Crippen LogP contribution in [0.2, 0.25) is 0 Å². The number of carbonyl (C=O) groups is 1. The van der Waals surface area contributed by atoms with Crippen LogP contribution in [0.1, 0.15) is 15.9 Å². The highest BCUT2D eigenvalue weighted by atomic mass is 16.5. The molecular formula is C17H11NO2. The molecule has 1 aliphatic carbocycles. The van der Waals surface area contributed by atoms with Gasteiger partial charge in [0, 0.05) is 28.3 Å². The van der Waals surface area contributed by atoms with Gasteiger partial charge in [-0.15, -0.1) is 0 Å². The summed E-state index contributed by atoms with van der Waals surface area (Å²) < 4.78 is 5.22. The Morgan fingerprint density at radius 1 is 1.00 bits per heavy atom. The first kappa shape index (κ1) is 11.2. The number of nitrogens with zero attached hydrogens (tertiary/aromatic N) is 1. The van der Waals surface area contributed by atoms with Crippen molar-refractivity contribution >= 4 is 16.6 Å². The van der Waals surface area contributed by atoms with Crippen LogP contribution in [0.15, 0.2) is 48.7 Å². The van der Waals surface area contributed by atoms with Crippen molar-refractivity contribution in [1.29, 1.82) is 0 Å². The van der Waals surface area contributed by atoms with Gasteiger partial charge in [0.25, 0.3) is 0 Å². The fourth-order valence-electron chi connectivity index (χ4n) is 2.81. The Balaban J connectivity index is 2.16. The average Bonchev–Trinajstić information content (AvgIpc) is 2.51. The number of rotatable bonds is 1. The largest absolute Gasteiger partial charge is 0.497 e. The third kappa shape index (κ3) is 1.35. The summed E-state index contributed by atoms with van der Waals surface area (Å²) in [4.78, 5) is 17.2. The number of hydrogen-bond donors (Lipinski definition) is 0. The van der Waals surface area contributed by atoms with Gasteiger partial charge in [0.2, 0.25) is 0 Å². The van der Waals surface area contributed by atoms with Crippen molar-refractivity contribution in [2.75, 3.05) is 7.11 Å². The minimum absolute atomic E-state index is 0.0324. The predicted octanol–water partition coefficient (Wildman–Crippen LogP) is 3.45. The first-order chi connectivity index (χ1) is 9.79. The molecule has 0 saturated heterocycles. The molecule has 0 atom stereocenters. The first-order valence-electron chi connectivity index (χ1n) is 6.40. The molecule has 0 saturated carbocycles. The van der Waals surface area contributed by atoms with E-state index >= 15 is 0 Å². The number of ether oxygens (including phenoxy) is 1. The molecule has 0 N–H and O–H groups in total. The highest BCUT2D eigenvalue weighted by molar-refractivity contribution is 6.25. The van der Waals surface area contributed by atoms with E-state index in [9.17, 15) is 4.79 Å². The summed E-state index contributed by atoms with van der Waals surface area (Å²) in [5, 5.41) is 1.99. The molecule has 0 bridgehead atoms. The van der Waals surface area contributed by atoms with Crippen LogP contribution in [0.3, 0.4) is 0 Å². The molecule has 20 heavy (non-hydrogen) atoms. The lowest BCUT2D eigenvalue weighted by atomic mass is 9.85. The van der Waals surface area contributed by atoms with Gasteiger partial charge in [0.1, 0.15) is 5.75 Å². The van der Waals surface area contributed by atoms with Gasteiger partial charge in [0.15, 0.2) is 5.78 Å². The maximum atomic E-state index is 12.7. The molecule has 4 rings (SSSR count). The fraction of sp³-hybridized carbons (Fsp3) is 0.0588. The molecule has 3 heteroatoms. The zero-order valence-electron chi connectivity index (χ0n) is 10.9. The van der Waals surface area contributed by atoms with Crippen LogP contribution in [0, 0.1) is 0 Å². The third-order valence-electron chi connectivity index (χ3n) is 3.76. The summed E-state index contributed by atoms with van der Waals surface area (Å²) >= 11 is 0. The Morgan fingerprint density at radius 2 is 1.90 bits per heavy atom. The Morgan fingerprint density at radius 3 is 2.75 bits per heavy atom. The van der Waals surface area contributed by atoms with Crippen molar-refractivity contribution in [2.24, 2.45) is 0 Å². The molecule has 2 aromatic carbocycles. The molecular weight excluding hydrogens is 250 g/mol. The third-order valence-corrected chi connectivity index (χ3v) is 3.76. The predicted molar refractivity (Wildman–Crippen MR) is 77.2 cm³/mol.